The molecule has 30 nitrogen and oxygen atoms in total. The van der Waals surface area contributed by atoms with Gasteiger partial charge in [0.15, 0.2) is 23.0 Å². The van der Waals surface area contributed by atoms with Gasteiger partial charge in [0.25, 0.3) is 0 Å². The number of aliphatic hydroxyl groups is 4. The lowest BCUT2D eigenvalue weighted by Gasteiger charge is -2.56. The van der Waals surface area contributed by atoms with E-state index in [0.717, 1.165) is 48.8 Å². The Morgan fingerprint density at radius 1 is 0.598 bits per heavy atom. The summed E-state index contributed by atoms with van der Waals surface area (Å²) in [5, 5.41) is 50.5. The van der Waals surface area contributed by atoms with Gasteiger partial charge in [-0.15, -0.1) is 0 Å². The molecule has 6 saturated heterocycles. The number of hydrogen-bond acceptors (Lipinski definition) is 16. The van der Waals surface area contributed by atoms with E-state index in [1.807, 2.05) is 0 Å². The molecule has 2 saturated carbocycles. The van der Waals surface area contributed by atoms with Gasteiger partial charge in [-0.3, -0.25) is 9.59 Å². The number of methoxy groups -OCH3 is 4. The van der Waals surface area contributed by atoms with Crippen molar-refractivity contribution in [1.29, 1.82) is 0 Å². The second-order valence-electron chi connectivity index (χ2n) is 21.3. The predicted molar refractivity (Wildman–Crippen MR) is 284 cm³/mol. The minimum Gasteiger partial charge on any atom is -0.547 e. The van der Waals surface area contributed by atoms with Gasteiger partial charge < -0.3 is 143 Å². The molecule has 16 atom stereocenters. The van der Waals surface area contributed by atoms with Crippen molar-refractivity contribution in [3.8, 4) is 23.0 Å². The Morgan fingerprint density at radius 2 is 0.927 bits per heavy atom. The highest BCUT2D eigenvalue weighted by molar-refractivity contribution is 6.01. The molecular weight excluding hydrogens is 1100 g/mol. The quantitative estimate of drug-likeness (QED) is 0.134. The third-order valence-electron chi connectivity index (χ3n) is 18.9. The molecule has 8 fully saturated rings. The molecule has 0 aromatic heterocycles. The molecule has 0 radical (unpaired) electrons. The van der Waals surface area contributed by atoms with Gasteiger partial charge in [-0.2, -0.15) is 0 Å². The second kappa shape index (κ2) is 27.8. The van der Waals surface area contributed by atoms with Gasteiger partial charge in [0.1, 0.15) is 24.3 Å². The first-order chi connectivity index (χ1) is 34.7. The molecule has 468 valence electrons. The molecule has 2 aromatic rings. The van der Waals surface area contributed by atoms with Crippen LogP contribution < -0.4 is 48.8 Å². The highest BCUT2D eigenvalue weighted by Crippen LogP contribution is 2.65. The van der Waals surface area contributed by atoms with Crippen molar-refractivity contribution in [2.45, 2.75) is 97.9 Å². The fourth-order valence-corrected chi connectivity index (χ4v) is 16.3. The van der Waals surface area contributed by atoms with Crippen molar-refractivity contribution in [2.24, 2.45) is 23.7 Å². The molecule has 10 heterocycles. The number of piperidine rings is 4. The number of rotatable bonds is 8. The van der Waals surface area contributed by atoms with Crippen LogP contribution in [0.3, 0.4) is 0 Å². The lowest BCUT2D eigenvalue weighted by Crippen LogP contribution is -3.16. The highest BCUT2D eigenvalue weighted by atomic mass is 16.5. The van der Waals surface area contributed by atoms with E-state index < -0.39 is 37.4 Å². The first-order valence-corrected chi connectivity index (χ1v) is 25.2. The van der Waals surface area contributed by atoms with E-state index in [2.05, 4.69) is 46.2 Å². The Morgan fingerprint density at radius 3 is 1.22 bits per heavy atom. The largest absolute Gasteiger partial charge is 0.547 e. The third-order valence-corrected chi connectivity index (χ3v) is 18.9. The van der Waals surface area contributed by atoms with E-state index in [4.69, 9.17) is 48.8 Å². The van der Waals surface area contributed by atoms with Crippen LogP contribution in [0.15, 0.2) is 47.6 Å². The Bertz CT molecular complexity index is 2470. The second-order valence-corrected chi connectivity index (χ2v) is 21.3. The number of nitrogens with zero attached hydrogens (tertiary/aromatic N) is 2. The van der Waals surface area contributed by atoms with E-state index in [1.165, 1.54) is 37.1 Å². The number of fused-ring (bicyclic) bond motifs is 4. The first-order valence-electron chi connectivity index (χ1n) is 25.2. The smallest absolute Gasteiger partial charge is 0.229 e. The number of quaternary nitrogens is 2. The Balaban J connectivity index is 0.000000607. The molecule has 2 aliphatic carbocycles. The van der Waals surface area contributed by atoms with Crippen LogP contribution in [0.4, 0.5) is 11.4 Å². The summed E-state index contributed by atoms with van der Waals surface area (Å²) in [5.74, 6) is 1.97. The number of carboxylic acids is 2. The Hall–Kier alpha value is -5.72. The summed E-state index contributed by atoms with van der Waals surface area (Å²) in [6.07, 6.45) is 6.96. The summed E-state index contributed by atoms with van der Waals surface area (Å²) >= 11 is 0. The van der Waals surface area contributed by atoms with Crippen LogP contribution in [0.2, 0.25) is 0 Å². The predicted octanol–water partition coefficient (Wildman–Crippen LogP) is -12.7. The van der Waals surface area contributed by atoms with Crippen LogP contribution in [-0.4, -0.2) is 229 Å². The number of carbonyl (C=O) groups excluding carboxylic acids is 4. The van der Waals surface area contributed by atoms with Gasteiger partial charge in [-0.25, -0.2) is 0 Å². The Labute approximate surface area is 471 Å². The van der Waals surface area contributed by atoms with E-state index in [1.54, 1.807) is 49.4 Å². The maximum atomic E-state index is 13.5. The molecular formula is C52H84N4O26. The molecule has 4 bridgehead atoms. The number of anilines is 2. The van der Waals surface area contributed by atoms with Crippen molar-refractivity contribution in [2.75, 3.05) is 90.8 Å². The zero-order chi connectivity index (χ0) is 50.7. The summed E-state index contributed by atoms with van der Waals surface area (Å²) in [6, 6.07) is 10.00. The number of carbonyl (C=O) groups is 4. The summed E-state index contributed by atoms with van der Waals surface area (Å²) in [5.41, 5.74) is 7.92. The van der Waals surface area contributed by atoms with Crippen LogP contribution in [0.1, 0.15) is 49.7 Å². The van der Waals surface area contributed by atoms with Crippen LogP contribution in [0.5, 0.6) is 23.0 Å². The number of nitrogens with one attached hydrogen (secondary N) is 2. The van der Waals surface area contributed by atoms with Gasteiger partial charge >= 0.3 is 0 Å². The van der Waals surface area contributed by atoms with E-state index in [0.29, 0.717) is 73.3 Å². The number of aliphatic hydroxyl groups excluding tert-OH is 4. The molecule has 14 rings (SSSR count). The molecule has 2 aromatic carbocycles. The van der Waals surface area contributed by atoms with Gasteiger partial charge in [0, 0.05) is 49.7 Å². The maximum Gasteiger partial charge on any atom is 0.229 e. The zero-order valence-electron chi connectivity index (χ0n) is 45.9. The first kappa shape index (κ1) is 74.3. The average Bonchev–Trinajstić information content (AvgIpc) is 4.07. The zero-order valence-corrected chi connectivity index (χ0v) is 45.9. The lowest BCUT2D eigenvalue weighted by atomic mass is 9.53. The fraction of sp³-hybridized carbons (Fsp3) is 0.615. The minimum atomic E-state index is -1.74. The highest BCUT2D eigenvalue weighted by Gasteiger charge is 2.75. The molecule has 10 aliphatic heterocycles. The van der Waals surface area contributed by atoms with Gasteiger partial charge in [0.2, 0.25) is 11.8 Å². The number of ether oxygens (including phenoxy) is 6. The molecule has 26 N–H and O–H groups in total. The average molecular weight is 1180 g/mol. The molecule has 2 amide bonds. The fourth-order valence-electron chi connectivity index (χ4n) is 16.3. The number of aliphatic carboxylic acids is 2. The standard InChI is InChI=1S/2C23H26N2O4.2C3H6O4.10H2O/c2*1-27-16-8-14-15(9-17(16)28-2)25-20(26)10-18-21-13-7-19-23(14,22(21)25)4-5-24(19)11-12(13)3-6-29-18;2*4-1-2(5)3(6)7;;;;;;;;;;/h2*3,8-9,13,18-19,21-22H,4-7,10-11H2,1-2H3;2*2,4-5H,1H2,(H,6,7);10*1H2/t2*13-,18-,19-,21-,22-,23+;2*2-;;;;;;;;;;/m0000........../s1. The minimum absolute atomic E-state index is 0. The summed E-state index contributed by atoms with van der Waals surface area (Å²) < 4.78 is 35.2. The van der Waals surface area contributed by atoms with Crippen molar-refractivity contribution in [3.05, 3.63) is 58.7 Å². The summed E-state index contributed by atoms with van der Waals surface area (Å²) in [4.78, 5) is 53.4. The summed E-state index contributed by atoms with van der Waals surface area (Å²) in [7, 11) is 6.74. The number of carboxylic acid groups (broad SMARTS) is 2. The van der Waals surface area contributed by atoms with Crippen LogP contribution in [0, 0.1) is 23.7 Å². The molecule has 12 aliphatic rings. The normalized spacial score (nSPS) is 32.6. The van der Waals surface area contributed by atoms with Crippen LogP contribution in [0.25, 0.3) is 0 Å². The number of amides is 2. The number of hydrogen-bond donors (Lipinski definition) is 6. The monoisotopic (exact) mass is 1180 g/mol. The van der Waals surface area contributed by atoms with Crippen LogP contribution >= 0.6 is 0 Å². The van der Waals surface area contributed by atoms with E-state index in [-0.39, 0.29) is 102 Å². The molecule has 2 spiro atoms. The van der Waals surface area contributed by atoms with E-state index in [9.17, 15) is 29.4 Å². The summed E-state index contributed by atoms with van der Waals surface area (Å²) in [6.45, 7) is 4.39. The van der Waals surface area contributed by atoms with E-state index >= 15 is 0 Å². The molecule has 82 heavy (non-hydrogen) atoms. The van der Waals surface area contributed by atoms with Crippen molar-refractivity contribution >= 4 is 35.1 Å². The maximum absolute atomic E-state index is 13.5. The van der Waals surface area contributed by atoms with Crippen LogP contribution in [-0.2, 0) is 39.5 Å². The Kier molecular flexibility index (Phi) is 25.2. The molecule has 2 unspecified atom stereocenters. The SMILES string of the molecule is COc1cc2c(cc1OC)[C@@]13CC[NH+]4CC5=CCO[C@H]6CC(=O)N2[C@H]1[C@H]6[C@H]5C[C@H]43.COc1cc2c(cc1OC)[C@@]13CC[NH+]4CC5=CCO[C@H]6CC(=O)N2[C@H]1[C@H]6[C@H]5C[C@H]43.O.O.O.O.O.O.O.O.O.O.O=C([O-])[C@@H](O)CO.O=C([O-])[C@@H](O)CO. The lowest BCUT2D eigenvalue weighted by molar-refractivity contribution is -0.916. The van der Waals surface area contributed by atoms with Gasteiger partial charge in [-0.05, 0) is 46.2 Å². The number of benzene rings is 2. The third kappa shape index (κ3) is 10.6. The topological polar surface area (TPSA) is 581 Å². The van der Waals surface area contributed by atoms with Crippen molar-refractivity contribution < 1.29 is 143 Å². The molecule has 30 heteroatoms. The van der Waals surface area contributed by atoms with Gasteiger partial charge in [-0.1, -0.05) is 12.2 Å². The van der Waals surface area contributed by atoms with Gasteiger partial charge in [0.05, 0.1) is 152 Å². The van der Waals surface area contributed by atoms with Crippen molar-refractivity contribution in [3.63, 3.8) is 0 Å². The van der Waals surface area contributed by atoms with Crippen molar-refractivity contribution in [1.82, 2.24) is 0 Å².